The van der Waals surface area contributed by atoms with Gasteiger partial charge in [-0.15, -0.1) is 24.8 Å². The Labute approximate surface area is 109 Å². The zero-order valence-corrected chi connectivity index (χ0v) is 11.1. The average molecular weight is 313 g/mol. The van der Waals surface area contributed by atoms with E-state index in [2.05, 4.69) is 32.0 Å². The van der Waals surface area contributed by atoms with Crippen molar-refractivity contribution in [1.82, 2.24) is 9.97 Å². The van der Waals surface area contributed by atoms with E-state index in [1.807, 2.05) is 6.07 Å². The second kappa shape index (κ2) is 6.33. The van der Waals surface area contributed by atoms with Gasteiger partial charge in [0.15, 0.2) is 0 Å². The van der Waals surface area contributed by atoms with E-state index >= 15 is 0 Å². The first-order chi connectivity index (χ1) is 6.29. The molecule has 2 heterocycles. The molecular formula is C9H12BrCl2N3. The van der Waals surface area contributed by atoms with Crippen molar-refractivity contribution in [2.45, 2.75) is 6.42 Å². The van der Waals surface area contributed by atoms with Gasteiger partial charge in [0.05, 0.1) is 0 Å². The fraction of sp³-hybridized carbons (Fsp3) is 0.222. The van der Waals surface area contributed by atoms with E-state index in [0.717, 1.165) is 27.6 Å². The van der Waals surface area contributed by atoms with E-state index in [9.17, 15) is 0 Å². The van der Waals surface area contributed by atoms with E-state index in [1.54, 1.807) is 6.20 Å². The highest BCUT2D eigenvalue weighted by Crippen LogP contribution is 2.17. The molecule has 0 amide bonds. The third-order valence-electron chi connectivity index (χ3n) is 1.91. The molecule has 2 rings (SSSR count). The van der Waals surface area contributed by atoms with Crippen molar-refractivity contribution in [3.63, 3.8) is 0 Å². The lowest BCUT2D eigenvalue weighted by Gasteiger charge is -1.89. The van der Waals surface area contributed by atoms with Crippen LogP contribution >= 0.6 is 40.7 Å². The molecule has 0 radical (unpaired) electrons. The van der Waals surface area contributed by atoms with E-state index in [1.165, 1.54) is 0 Å². The van der Waals surface area contributed by atoms with Crippen LogP contribution < -0.4 is 5.73 Å². The van der Waals surface area contributed by atoms with Gasteiger partial charge in [-0.3, -0.25) is 0 Å². The summed E-state index contributed by atoms with van der Waals surface area (Å²) >= 11 is 3.38. The lowest BCUT2D eigenvalue weighted by atomic mass is 10.3. The Morgan fingerprint density at radius 1 is 1.33 bits per heavy atom. The SMILES string of the molecule is Cl.Cl.NCCc1cc2cc(Br)cnc2[nH]1. The summed E-state index contributed by atoms with van der Waals surface area (Å²) in [6, 6.07) is 4.12. The number of nitrogens with one attached hydrogen (secondary N) is 1. The molecule has 2 aromatic heterocycles. The Hall–Kier alpha value is -0.290. The summed E-state index contributed by atoms with van der Waals surface area (Å²) in [6.07, 6.45) is 2.65. The quantitative estimate of drug-likeness (QED) is 0.895. The Kier molecular flexibility index (Phi) is 6.20. The van der Waals surface area contributed by atoms with Gasteiger partial charge in [0.1, 0.15) is 5.65 Å². The highest BCUT2D eigenvalue weighted by atomic mass is 79.9. The highest BCUT2D eigenvalue weighted by molar-refractivity contribution is 9.10. The molecule has 15 heavy (non-hydrogen) atoms. The minimum Gasteiger partial charge on any atom is -0.343 e. The number of nitrogens with zero attached hydrogens (tertiary/aromatic N) is 1. The maximum Gasteiger partial charge on any atom is 0.137 e. The number of rotatable bonds is 2. The van der Waals surface area contributed by atoms with E-state index in [0.29, 0.717) is 6.54 Å². The Morgan fingerprint density at radius 2 is 2.07 bits per heavy atom. The maximum atomic E-state index is 5.46. The van der Waals surface area contributed by atoms with E-state index < -0.39 is 0 Å². The lowest BCUT2D eigenvalue weighted by Crippen LogP contribution is -2.02. The summed E-state index contributed by atoms with van der Waals surface area (Å²) in [5.41, 5.74) is 7.53. The zero-order chi connectivity index (χ0) is 9.26. The van der Waals surface area contributed by atoms with Gasteiger partial charge < -0.3 is 10.7 Å². The Balaban J connectivity index is 0.000000980. The smallest absolute Gasteiger partial charge is 0.137 e. The van der Waals surface area contributed by atoms with Crippen molar-refractivity contribution < 1.29 is 0 Å². The van der Waals surface area contributed by atoms with Crippen molar-refractivity contribution >= 4 is 51.8 Å². The van der Waals surface area contributed by atoms with Gasteiger partial charge in [-0.1, -0.05) is 0 Å². The molecule has 0 aliphatic carbocycles. The minimum atomic E-state index is 0. The predicted octanol–water partition coefficient (Wildman–Crippen LogP) is 2.67. The number of nitrogens with two attached hydrogens (primary N) is 1. The van der Waals surface area contributed by atoms with Crippen LogP contribution in [0.4, 0.5) is 0 Å². The van der Waals surface area contributed by atoms with Gasteiger partial charge in [-0.2, -0.15) is 0 Å². The third kappa shape index (κ3) is 3.34. The maximum absolute atomic E-state index is 5.46. The predicted molar refractivity (Wildman–Crippen MR) is 71.0 cm³/mol. The lowest BCUT2D eigenvalue weighted by molar-refractivity contribution is 0.938. The summed E-state index contributed by atoms with van der Waals surface area (Å²) < 4.78 is 0.998. The molecule has 0 fully saturated rings. The molecule has 3 N–H and O–H groups in total. The van der Waals surface area contributed by atoms with E-state index in [4.69, 9.17) is 5.73 Å². The molecule has 0 saturated carbocycles. The van der Waals surface area contributed by atoms with Gasteiger partial charge >= 0.3 is 0 Å². The van der Waals surface area contributed by atoms with Gasteiger partial charge in [-0.05, 0) is 41.0 Å². The third-order valence-corrected chi connectivity index (χ3v) is 2.34. The molecule has 2 aromatic rings. The van der Waals surface area contributed by atoms with Gasteiger partial charge in [0.25, 0.3) is 0 Å². The molecule has 0 saturated heterocycles. The zero-order valence-electron chi connectivity index (χ0n) is 7.87. The molecule has 0 spiro atoms. The normalized spacial score (nSPS) is 9.47. The van der Waals surface area contributed by atoms with Crippen molar-refractivity contribution in [3.05, 3.63) is 28.5 Å². The van der Waals surface area contributed by atoms with Gasteiger partial charge in [0, 0.05) is 21.7 Å². The number of pyridine rings is 1. The van der Waals surface area contributed by atoms with Crippen LogP contribution in [0.25, 0.3) is 11.0 Å². The van der Waals surface area contributed by atoms with Gasteiger partial charge in [0.2, 0.25) is 0 Å². The minimum absolute atomic E-state index is 0. The second-order valence-corrected chi connectivity index (χ2v) is 3.84. The molecule has 0 aliphatic rings. The molecule has 6 heteroatoms. The molecule has 0 unspecified atom stereocenters. The topological polar surface area (TPSA) is 54.7 Å². The first-order valence-electron chi connectivity index (χ1n) is 4.13. The van der Waals surface area contributed by atoms with Crippen LogP contribution in [0, 0.1) is 0 Å². The number of fused-ring (bicyclic) bond motifs is 1. The molecule has 0 aliphatic heterocycles. The summed E-state index contributed by atoms with van der Waals surface area (Å²) in [6.45, 7) is 0.661. The first kappa shape index (κ1) is 14.7. The van der Waals surface area contributed by atoms with Crippen LogP contribution in [0.15, 0.2) is 22.8 Å². The number of aromatic nitrogens is 2. The number of hydrogen-bond donors (Lipinski definition) is 2. The number of H-pyrrole nitrogens is 1. The van der Waals surface area contributed by atoms with Gasteiger partial charge in [-0.25, -0.2) is 4.98 Å². The monoisotopic (exact) mass is 311 g/mol. The first-order valence-corrected chi connectivity index (χ1v) is 4.92. The molecule has 0 bridgehead atoms. The van der Waals surface area contributed by atoms with Crippen molar-refractivity contribution in [2.75, 3.05) is 6.54 Å². The Bertz CT molecular complexity index is 430. The van der Waals surface area contributed by atoms with Crippen LogP contribution in [-0.2, 0) is 6.42 Å². The van der Waals surface area contributed by atoms with Crippen molar-refractivity contribution in [2.24, 2.45) is 5.73 Å². The van der Waals surface area contributed by atoms with E-state index in [-0.39, 0.29) is 24.8 Å². The Morgan fingerprint density at radius 3 is 2.73 bits per heavy atom. The standard InChI is InChI=1S/C9H10BrN3.2ClH/c10-7-3-6-4-8(1-2-11)13-9(6)12-5-7;;/h3-5H,1-2,11H2,(H,12,13);2*1H. The number of aromatic amines is 1. The van der Waals surface area contributed by atoms with Crippen LogP contribution in [0.5, 0.6) is 0 Å². The highest BCUT2D eigenvalue weighted by Gasteiger charge is 2.00. The van der Waals surface area contributed by atoms with Crippen LogP contribution in [0.2, 0.25) is 0 Å². The fourth-order valence-corrected chi connectivity index (χ4v) is 1.68. The summed E-state index contributed by atoms with van der Waals surface area (Å²) in [5.74, 6) is 0. The van der Waals surface area contributed by atoms with Crippen LogP contribution in [0.3, 0.4) is 0 Å². The fourth-order valence-electron chi connectivity index (χ4n) is 1.34. The molecule has 0 atom stereocenters. The largest absolute Gasteiger partial charge is 0.343 e. The van der Waals surface area contributed by atoms with Crippen molar-refractivity contribution in [1.29, 1.82) is 0 Å². The molecule has 84 valence electrons. The number of halogens is 3. The molecule has 3 nitrogen and oxygen atoms in total. The second-order valence-electron chi connectivity index (χ2n) is 2.92. The number of hydrogen-bond acceptors (Lipinski definition) is 2. The van der Waals surface area contributed by atoms with Crippen LogP contribution in [0.1, 0.15) is 5.69 Å². The van der Waals surface area contributed by atoms with Crippen molar-refractivity contribution in [3.8, 4) is 0 Å². The van der Waals surface area contributed by atoms with Crippen LogP contribution in [-0.4, -0.2) is 16.5 Å². The summed E-state index contributed by atoms with van der Waals surface area (Å²) in [4.78, 5) is 7.45. The molecule has 0 aromatic carbocycles. The molecular weight excluding hydrogens is 301 g/mol. The summed E-state index contributed by atoms with van der Waals surface area (Å²) in [5, 5.41) is 1.12. The summed E-state index contributed by atoms with van der Waals surface area (Å²) in [7, 11) is 0. The average Bonchev–Trinajstić information content (AvgIpc) is 2.46.